The number of nitrogens with zero attached hydrogens (tertiary/aromatic N) is 3. The Balaban J connectivity index is 2.17. The number of hydrogen-bond donors (Lipinski definition) is 2. The summed E-state index contributed by atoms with van der Waals surface area (Å²) in [5, 5.41) is 18.0. The number of nitro groups is 1. The fraction of sp³-hybridized carbons (Fsp3) is 0.111. The number of anilines is 1. The van der Waals surface area contributed by atoms with Crippen molar-refractivity contribution in [1.29, 1.82) is 0 Å². The highest BCUT2D eigenvalue weighted by atomic mass is 35.5. The number of H-pyrrole nitrogens is 1. The predicted molar refractivity (Wildman–Crippen MR) is 68.5 cm³/mol. The summed E-state index contributed by atoms with van der Waals surface area (Å²) < 4.78 is 0. The number of thioether (sulfide) groups is 1. The Morgan fingerprint density at radius 2 is 2.33 bits per heavy atom. The highest BCUT2D eigenvalue weighted by molar-refractivity contribution is 7.98. The number of rotatable bonds is 4. The van der Waals surface area contributed by atoms with Crippen molar-refractivity contribution in [3.8, 4) is 0 Å². The molecule has 3 N–H and O–H groups in total. The fourth-order valence-corrected chi connectivity index (χ4v) is 2.30. The lowest BCUT2D eigenvalue weighted by molar-refractivity contribution is -0.385. The summed E-state index contributed by atoms with van der Waals surface area (Å²) in [6.45, 7) is 0. The molecule has 0 unspecified atom stereocenters. The minimum atomic E-state index is -0.446. The van der Waals surface area contributed by atoms with E-state index in [2.05, 4.69) is 15.2 Å². The molecule has 0 bridgehead atoms. The number of nitrogens with one attached hydrogen (secondary N) is 1. The largest absolute Gasteiger partial charge is 0.368 e. The molecule has 1 heterocycles. The van der Waals surface area contributed by atoms with E-state index in [1.54, 1.807) is 6.07 Å². The first-order valence-electron chi connectivity index (χ1n) is 4.80. The van der Waals surface area contributed by atoms with Crippen molar-refractivity contribution in [1.82, 2.24) is 15.2 Å². The van der Waals surface area contributed by atoms with Crippen LogP contribution in [0.1, 0.15) is 5.56 Å². The summed E-state index contributed by atoms with van der Waals surface area (Å²) in [4.78, 5) is 14.3. The van der Waals surface area contributed by atoms with Gasteiger partial charge in [-0.2, -0.15) is 4.98 Å². The Bertz CT molecular complexity index is 588. The molecule has 94 valence electrons. The van der Waals surface area contributed by atoms with Gasteiger partial charge in [0, 0.05) is 22.4 Å². The second-order valence-electron chi connectivity index (χ2n) is 3.32. The summed E-state index contributed by atoms with van der Waals surface area (Å²) >= 11 is 7.06. The van der Waals surface area contributed by atoms with E-state index in [0.29, 0.717) is 21.5 Å². The second kappa shape index (κ2) is 5.23. The van der Waals surface area contributed by atoms with Gasteiger partial charge in [-0.05, 0) is 12.1 Å². The highest BCUT2D eigenvalue weighted by Gasteiger charge is 2.14. The zero-order valence-electron chi connectivity index (χ0n) is 8.96. The molecule has 1 aromatic heterocycles. The van der Waals surface area contributed by atoms with Gasteiger partial charge >= 0.3 is 0 Å². The third-order valence-corrected chi connectivity index (χ3v) is 3.21. The molecule has 0 aliphatic rings. The van der Waals surface area contributed by atoms with Gasteiger partial charge in [-0.15, -0.1) is 5.10 Å². The van der Waals surface area contributed by atoms with E-state index in [0.717, 1.165) is 0 Å². The number of benzene rings is 1. The molecule has 1 aromatic carbocycles. The van der Waals surface area contributed by atoms with Crippen LogP contribution in [0.2, 0.25) is 5.02 Å². The zero-order chi connectivity index (χ0) is 13.1. The third kappa shape index (κ3) is 2.90. The Kier molecular flexibility index (Phi) is 3.68. The molecule has 0 radical (unpaired) electrons. The second-order valence-corrected chi connectivity index (χ2v) is 4.70. The molecule has 0 spiro atoms. The van der Waals surface area contributed by atoms with E-state index in [-0.39, 0.29) is 11.6 Å². The van der Waals surface area contributed by atoms with Gasteiger partial charge in [-0.1, -0.05) is 23.4 Å². The molecular weight excluding hydrogens is 278 g/mol. The van der Waals surface area contributed by atoms with Gasteiger partial charge in [0.05, 0.1) is 4.92 Å². The quantitative estimate of drug-likeness (QED) is 0.506. The number of hydrogen-bond acceptors (Lipinski definition) is 6. The number of nitrogen functional groups attached to an aromatic ring is 1. The van der Waals surface area contributed by atoms with Gasteiger partial charge < -0.3 is 5.73 Å². The standard InChI is InChI=1S/C9H8ClN5O2S/c10-6-1-2-7(15(16)17)5(3-6)4-18-9-12-8(11)13-14-9/h1-3H,4H2,(H3,11,12,13,14). The smallest absolute Gasteiger partial charge is 0.273 e. The van der Waals surface area contributed by atoms with Crippen LogP contribution in [0.3, 0.4) is 0 Å². The SMILES string of the molecule is Nc1nc(SCc2cc(Cl)ccc2[N+](=O)[O-])n[nH]1. The van der Waals surface area contributed by atoms with Crippen molar-refractivity contribution in [2.45, 2.75) is 10.9 Å². The summed E-state index contributed by atoms with van der Waals surface area (Å²) in [7, 11) is 0. The van der Waals surface area contributed by atoms with E-state index in [1.165, 1.54) is 23.9 Å². The van der Waals surface area contributed by atoms with E-state index in [1.807, 2.05) is 0 Å². The first kappa shape index (κ1) is 12.7. The van der Waals surface area contributed by atoms with Crippen molar-refractivity contribution in [3.63, 3.8) is 0 Å². The first-order chi connectivity index (χ1) is 8.56. The van der Waals surface area contributed by atoms with Gasteiger partial charge in [0.25, 0.3) is 5.69 Å². The molecule has 0 amide bonds. The Morgan fingerprint density at radius 3 is 2.94 bits per heavy atom. The minimum Gasteiger partial charge on any atom is -0.368 e. The molecule has 18 heavy (non-hydrogen) atoms. The van der Waals surface area contributed by atoms with Crippen LogP contribution in [0.25, 0.3) is 0 Å². The molecule has 9 heteroatoms. The Morgan fingerprint density at radius 1 is 1.56 bits per heavy atom. The van der Waals surface area contributed by atoms with Gasteiger partial charge in [0.1, 0.15) is 0 Å². The number of nitro benzene ring substituents is 1. The molecule has 0 aliphatic heterocycles. The maximum atomic E-state index is 10.8. The summed E-state index contributed by atoms with van der Waals surface area (Å²) in [5.41, 5.74) is 5.92. The van der Waals surface area contributed by atoms with E-state index >= 15 is 0 Å². The van der Waals surface area contributed by atoms with Gasteiger partial charge in [0.2, 0.25) is 11.1 Å². The molecule has 0 fully saturated rings. The topological polar surface area (TPSA) is 111 Å². The maximum Gasteiger partial charge on any atom is 0.273 e. The number of aromatic amines is 1. The van der Waals surface area contributed by atoms with Crippen LogP contribution in [-0.2, 0) is 5.75 Å². The average molecular weight is 286 g/mol. The predicted octanol–water partition coefficient (Wildman–Crippen LogP) is 2.24. The summed E-state index contributed by atoms with van der Waals surface area (Å²) in [6, 6.07) is 4.42. The van der Waals surface area contributed by atoms with Crippen LogP contribution >= 0.6 is 23.4 Å². The summed E-state index contributed by atoms with van der Waals surface area (Å²) in [5.74, 6) is 0.548. The van der Waals surface area contributed by atoms with Crippen LogP contribution in [-0.4, -0.2) is 20.1 Å². The van der Waals surface area contributed by atoms with Crippen molar-refractivity contribution in [3.05, 3.63) is 38.9 Å². The Hall–Kier alpha value is -1.80. The average Bonchev–Trinajstić information content (AvgIpc) is 2.72. The fourth-order valence-electron chi connectivity index (χ4n) is 1.31. The van der Waals surface area contributed by atoms with Gasteiger partial charge in [-0.3, -0.25) is 10.1 Å². The van der Waals surface area contributed by atoms with Crippen LogP contribution in [0, 0.1) is 10.1 Å². The normalized spacial score (nSPS) is 10.5. The molecule has 2 rings (SSSR count). The molecule has 2 aromatic rings. The number of aromatic nitrogens is 3. The highest BCUT2D eigenvalue weighted by Crippen LogP contribution is 2.28. The molecule has 0 saturated carbocycles. The molecule has 0 atom stereocenters. The first-order valence-corrected chi connectivity index (χ1v) is 6.16. The minimum absolute atomic E-state index is 0.0235. The van der Waals surface area contributed by atoms with Crippen LogP contribution in [0.15, 0.2) is 23.4 Å². The van der Waals surface area contributed by atoms with E-state index in [9.17, 15) is 10.1 Å². The van der Waals surface area contributed by atoms with E-state index in [4.69, 9.17) is 17.3 Å². The van der Waals surface area contributed by atoms with Crippen LogP contribution < -0.4 is 5.73 Å². The zero-order valence-corrected chi connectivity index (χ0v) is 10.5. The summed E-state index contributed by atoms with van der Waals surface area (Å²) in [6.07, 6.45) is 0. The van der Waals surface area contributed by atoms with Gasteiger partial charge in [-0.25, -0.2) is 5.10 Å². The van der Waals surface area contributed by atoms with Crippen molar-refractivity contribution in [2.24, 2.45) is 0 Å². The van der Waals surface area contributed by atoms with Crippen molar-refractivity contribution >= 4 is 35.0 Å². The van der Waals surface area contributed by atoms with Crippen molar-refractivity contribution < 1.29 is 4.92 Å². The lowest BCUT2D eigenvalue weighted by Gasteiger charge is -2.01. The lowest BCUT2D eigenvalue weighted by atomic mass is 10.2. The third-order valence-electron chi connectivity index (χ3n) is 2.08. The number of halogens is 1. The lowest BCUT2D eigenvalue weighted by Crippen LogP contribution is -1.94. The van der Waals surface area contributed by atoms with E-state index < -0.39 is 4.92 Å². The molecule has 0 aliphatic carbocycles. The Labute approximate surface area is 111 Å². The van der Waals surface area contributed by atoms with Crippen LogP contribution in [0.5, 0.6) is 0 Å². The molecule has 0 saturated heterocycles. The molecular formula is C9H8ClN5O2S. The van der Waals surface area contributed by atoms with Crippen molar-refractivity contribution in [2.75, 3.05) is 5.73 Å². The van der Waals surface area contributed by atoms with Gasteiger partial charge in [0.15, 0.2) is 0 Å². The number of nitrogens with two attached hydrogens (primary N) is 1. The van der Waals surface area contributed by atoms with Crippen LogP contribution in [0.4, 0.5) is 11.6 Å². The molecule has 7 nitrogen and oxygen atoms in total. The maximum absolute atomic E-state index is 10.8. The monoisotopic (exact) mass is 285 g/mol.